The van der Waals surface area contributed by atoms with E-state index in [0.717, 1.165) is 25.9 Å². The number of fused-ring (bicyclic) bond motifs is 1. The lowest BCUT2D eigenvalue weighted by Gasteiger charge is -2.33. The molecule has 2 heterocycles. The number of carbonyl (C=O) groups is 1. The third-order valence-corrected chi connectivity index (χ3v) is 5.16. The first-order valence-corrected chi connectivity index (χ1v) is 8.84. The average Bonchev–Trinajstić information content (AvgIpc) is 2.61. The maximum atomic E-state index is 12.3. The van der Waals surface area contributed by atoms with Crippen molar-refractivity contribution in [1.29, 1.82) is 0 Å². The molecule has 0 aliphatic carbocycles. The number of aromatic nitrogens is 1. The van der Waals surface area contributed by atoms with Crippen molar-refractivity contribution in [3.63, 3.8) is 0 Å². The number of rotatable bonds is 4. The fourth-order valence-electron chi connectivity index (χ4n) is 3.49. The summed E-state index contributed by atoms with van der Waals surface area (Å²) in [6, 6.07) is 8.47. The van der Waals surface area contributed by atoms with Crippen LogP contribution in [0.1, 0.15) is 44.6 Å². The van der Waals surface area contributed by atoms with Gasteiger partial charge in [0.25, 0.3) is 0 Å². The van der Waals surface area contributed by atoms with Crippen LogP contribution in [-0.2, 0) is 4.79 Å². The van der Waals surface area contributed by atoms with Crippen molar-refractivity contribution in [2.24, 2.45) is 5.92 Å². The minimum atomic E-state index is -0.541. The van der Waals surface area contributed by atoms with Gasteiger partial charge in [0.1, 0.15) is 0 Å². The molecule has 4 nitrogen and oxygen atoms in total. The second-order valence-electron chi connectivity index (χ2n) is 7.11. The van der Waals surface area contributed by atoms with Gasteiger partial charge in [-0.15, -0.1) is 0 Å². The topological polar surface area (TPSA) is 53.4 Å². The van der Waals surface area contributed by atoms with Crippen molar-refractivity contribution in [3.8, 4) is 0 Å². The van der Waals surface area contributed by atoms with E-state index in [1.54, 1.807) is 0 Å². The zero-order valence-electron chi connectivity index (χ0n) is 14.5. The van der Waals surface area contributed by atoms with Gasteiger partial charge in [-0.05, 0) is 41.7 Å². The zero-order valence-corrected chi connectivity index (χ0v) is 14.5. The minimum Gasteiger partial charge on any atom is -0.392 e. The molecule has 1 unspecified atom stereocenters. The van der Waals surface area contributed by atoms with E-state index in [2.05, 4.69) is 29.2 Å². The molecular weight excluding hydrogens is 300 g/mol. The molecule has 0 radical (unpaired) electrons. The molecule has 1 amide bonds. The minimum absolute atomic E-state index is 0.0803. The van der Waals surface area contributed by atoms with Crippen molar-refractivity contribution in [1.82, 2.24) is 9.88 Å². The van der Waals surface area contributed by atoms with Gasteiger partial charge in [0.2, 0.25) is 5.91 Å². The molecule has 1 N–H and O–H groups in total. The third-order valence-electron chi connectivity index (χ3n) is 5.16. The maximum absolute atomic E-state index is 12.3. The number of hydrogen-bond acceptors (Lipinski definition) is 3. The molecule has 4 heteroatoms. The molecule has 1 saturated heterocycles. The van der Waals surface area contributed by atoms with E-state index in [1.165, 1.54) is 16.3 Å². The Balaban J connectivity index is 1.65. The van der Waals surface area contributed by atoms with Gasteiger partial charge in [-0.25, -0.2) is 0 Å². The van der Waals surface area contributed by atoms with Crippen LogP contribution < -0.4 is 0 Å². The fraction of sp³-hybridized carbons (Fsp3) is 0.500. The quantitative estimate of drug-likeness (QED) is 0.937. The van der Waals surface area contributed by atoms with Gasteiger partial charge in [-0.1, -0.05) is 32.0 Å². The van der Waals surface area contributed by atoms with Crippen LogP contribution in [0.3, 0.4) is 0 Å². The summed E-state index contributed by atoms with van der Waals surface area (Å²) in [4.78, 5) is 18.4. The Labute approximate surface area is 143 Å². The summed E-state index contributed by atoms with van der Waals surface area (Å²) in [5.74, 6) is 0.683. The van der Waals surface area contributed by atoms with Crippen molar-refractivity contribution >= 4 is 16.7 Å². The molecule has 128 valence electrons. The highest BCUT2D eigenvalue weighted by atomic mass is 16.3. The number of likely N-dealkylation sites (tertiary alicyclic amines) is 1. The van der Waals surface area contributed by atoms with E-state index < -0.39 is 6.10 Å². The van der Waals surface area contributed by atoms with Gasteiger partial charge in [-0.3, -0.25) is 9.78 Å². The first kappa shape index (κ1) is 16.9. The lowest BCUT2D eigenvalue weighted by molar-refractivity contribution is -0.134. The Morgan fingerprint density at radius 3 is 2.75 bits per heavy atom. The highest BCUT2D eigenvalue weighted by molar-refractivity contribution is 5.85. The Kier molecular flexibility index (Phi) is 5.14. The standard InChI is InChI=1S/C20H26N2O2/c1-14(2)19(23)12-20(24)22-10-7-15(8-11-22)17-5-3-4-16-13-21-9-6-18(16)17/h3-6,9,13-15,19,23H,7-8,10-12H2,1-2H3. The molecule has 1 aliphatic heterocycles. The van der Waals surface area contributed by atoms with Crippen LogP contribution in [0.25, 0.3) is 10.8 Å². The van der Waals surface area contributed by atoms with Crippen LogP contribution in [0.15, 0.2) is 36.7 Å². The van der Waals surface area contributed by atoms with Gasteiger partial charge in [-0.2, -0.15) is 0 Å². The maximum Gasteiger partial charge on any atom is 0.225 e. The monoisotopic (exact) mass is 326 g/mol. The molecule has 1 aliphatic rings. The van der Waals surface area contributed by atoms with E-state index in [0.29, 0.717) is 5.92 Å². The van der Waals surface area contributed by atoms with Crippen molar-refractivity contribution < 1.29 is 9.90 Å². The van der Waals surface area contributed by atoms with Crippen LogP contribution in [0, 0.1) is 5.92 Å². The molecule has 0 bridgehead atoms. The summed E-state index contributed by atoms with van der Waals surface area (Å²) in [7, 11) is 0. The molecule has 0 saturated carbocycles. The number of amides is 1. The summed E-state index contributed by atoms with van der Waals surface area (Å²) in [6.07, 6.45) is 5.40. The van der Waals surface area contributed by atoms with E-state index in [4.69, 9.17) is 0 Å². The lowest BCUT2D eigenvalue weighted by Crippen LogP contribution is -2.40. The molecule has 3 rings (SSSR count). The highest BCUT2D eigenvalue weighted by Crippen LogP contribution is 2.33. The van der Waals surface area contributed by atoms with Crippen LogP contribution in [0.5, 0.6) is 0 Å². The smallest absolute Gasteiger partial charge is 0.225 e. The van der Waals surface area contributed by atoms with Gasteiger partial charge in [0.05, 0.1) is 12.5 Å². The van der Waals surface area contributed by atoms with E-state index in [9.17, 15) is 9.90 Å². The van der Waals surface area contributed by atoms with Gasteiger partial charge in [0.15, 0.2) is 0 Å². The lowest BCUT2D eigenvalue weighted by atomic mass is 9.86. The zero-order chi connectivity index (χ0) is 17.1. The Bertz CT molecular complexity index is 700. The van der Waals surface area contributed by atoms with Gasteiger partial charge in [0, 0.05) is 30.9 Å². The first-order valence-electron chi connectivity index (χ1n) is 8.84. The number of nitrogens with zero attached hydrogens (tertiary/aromatic N) is 2. The second kappa shape index (κ2) is 7.31. The molecule has 1 atom stereocenters. The normalized spacial score (nSPS) is 17.4. The number of aliphatic hydroxyl groups excluding tert-OH is 1. The predicted octanol–water partition coefficient (Wildman–Crippen LogP) is 3.35. The molecule has 1 aromatic carbocycles. The molecule has 1 aromatic heterocycles. The highest BCUT2D eigenvalue weighted by Gasteiger charge is 2.26. The summed E-state index contributed by atoms with van der Waals surface area (Å²) < 4.78 is 0. The second-order valence-corrected chi connectivity index (χ2v) is 7.11. The van der Waals surface area contributed by atoms with Crippen LogP contribution in [0.4, 0.5) is 0 Å². The summed E-state index contributed by atoms with van der Waals surface area (Å²) >= 11 is 0. The van der Waals surface area contributed by atoms with E-state index in [-0.39, 0.29) is 18.2 Å². The molecule has 24 heavy (non-hydrogen) atoms. The largest absolute Gasteiger partial charge is 0.392 e. The van der Waals surface area contributed by atoms with E-state index in [1.807, 2.05) is 31.1 Å². The van der Waals surface area contributed by atoms with Crippen LogP contribution in [0.2, 0.25) is 0 Å². The first-order chi connectivity index (χ1) is 11.6. The SMILES string of the molecule is CC(C)C(O)CC(=O)N1CCC(c2cccc3cnccc23)CC1. The Hall–Kier alpha value is -1.94. The average molecular weight is 326 g/mol. The van der Waals surface area contributed by atoms with Gasteiger partial charge < -0.3 is 10.0 Å². The van der Waals surface area contributed by atoms with Crippen molar-refractivity contribution in [3.05, 3.63) is 42.2 Å². The van der Waals surface area contributed by atoms with Crippen molar-refractivity contribution in [2.45, 2.75) is 45.1 Å². The molecule has 2 aromatic rings. The fourth-order valence-corrected chi connectivity index (χ4v) is 3.49. The van der Waals surface area contributed by atoms with Crippen molar-refractivity contribution in [2.75, 3.05) is 13.1 Å². The van der Waals surface area contributed by atoms with Gasteiger partial charge >= 0.3 is 0 Å². The third kappa shape index (κ3) is 3.59. The number of carbonyl (C=O) groups excluding carboxylic acids is 1. The summed E-state index contributed by atoms with van der Waals surface area (Å²) in [5, 5.41) is 12.4. The molecule has 1 fully saturated rings. The number of benzene rings is 1. The Morgan fingerprint density at radius 1 is 1.29 bits per heavy atom. The number of hydrogen-bond donors (Lipinski definition) is 1. The number of pyridine rings is 1. The predicted molar refractivity (Wildman–Crippen MR) is 95.8 cm³/mol. The van der Waals surface area contributed by atoms with Crippen LogP contribution >= 0.6 is 0 Å². The number of piperidine rings is 1. The number of aliphatic hydroxyl groups is 1. The molecule has 0 spiro atoms. The van der Waals surface area contributed by atoms with E-state index >= 15 is 0 Å². The van der Waals surface area contributed by atoms with Crippen LogP contribution in [-0.4, -0.2) is 40.1 Å². The summed E-state index contributed by atoms with van der Waals surface area (Å²) in [6.45, 7) is 5.44. The summed E-state index contributed by atoms with van der Waals surface area (Å²) in [5.41, 5.74) is 1.37. The Morgan fingerprint density at radius 2 is 2.04 bits per heavy atom. The molecular formula is C20H26N2O2.